The Balaban J connectivity index is 0.00000225. The lowest BCUT2D eigenvalue weighted by molar-refractivity contribution is -0.119. The average Bonchev–Trinajstić information content (AvgIpc) is 2.58. The van der Waals surface area contributed by atoms with E-state index in [1.54, 1.807) is 0 Å². The van der Waals surface area contributed by atoms with Crippen LogP contribution in [-0.2, 0) is 4.79 Å². The van der Waals surface area contributed by atoms with Gasteiger partial charge in [-0.3, -0.25) is 4.79 Å². The third-order valence-corrected chi connectivity index (χ3v) is 5.17. The molecule has 0 bridgehead atoms. The van der Waals surface area contributed by atoms with Gasteiger partial charge in [0.25, 0.3) is 0 Å². The van der Waals surface area contributed by atoms with Crippen molar-refractivity contribution in [3.8, 4) is 0 Å². The molecule has 0 spiro atoms. The zero-order chi connectivity index (χ0) is 17.0. The molecule has 1 N–H and O–H groups in total. The predicted molar refractivity (Wildman–Crippen MR) is 108 cm³/mol. The first-order chi connectivity index (χ1) is 11.6. The molecule has 0 radical (unpaired) electrons. The Labute approximate surface area is 165 Å². The number of rotatable bonds is 4. The molecular weight excluding hydrogens is 379 g/mol. The van der Waals surface area contributed by atoms with Crippen LogP contribution in [0.5, 0.6) is 0 Å². The van der Waals surface area contributed by atoms with Crippen molar-refractivity contribution in [3.63, 3.8) is 0 Å². The van der Waals surface area contributed by atoms with Crippen LogP contribution in [0.4, 0.5) is 5.69 Å². The van der Waals surface area contributed by atoms with Crippen LogP contribution in [0.15, 0.2) is 48.6 Å². The fourth-order valence-corrected chi connectivity index (χ4v) is 3.74. The van der Waals surface area contributed by atoms with Gasteiger partial charge in [0.2, 0.25) is 5.91 Å². The van der Waals surface area contributed by atoms with Gasteiger partial charge in [-0.05, 0) is 56.6 Å². The van der Waals surface area contributed by atoms with Crippen molar-refractivity contribution < 1.29 is 4.79 Å². The van der Waals surface area contributed by atoms with Crippen molar-refractivity contribution >= 4 is 47.2 Å². The summed E-state index contributed by atoms with van der Waals surface area (Å²) in [5.74, 6) is 0.0513. The summed E-state index contributed by atoms with van der Waals surface area (Å²) in [6.45, 7) is 1.85. The van der Waals surface area contributed by atoms with Gasteiger partial charge in [0.15, 0.2) is 0 Å². The van der Waals surface area contributed by atoms with E-state index < -0.39 is 4.87 Å². The highest BCUT2D eigenvalue weighted by atomic mass is 35.5. The van der Waals surface area contributed by atoms with Crippen LogP contribution in [0.25, 0.3) is 0 Å². The number of hydrogen-bond acceptors (Lipinski definition) is 2. The Morgan fingerprint density at radius 3 is 2.36 bits per heavy atom. The van der Waals surface area contributed by atoms with E-state index >= 15 is 0 Å². The quantitative estimate of drug-likeness (QED) is 0.584. The third kappa shape index (κ3) is 5.24. The molecule has 2 aliphatic rings. The lowest BCUT2D eigenvalue weighted by Gasteiger charge is -2.36. The second kappa shape index (κ2) is 9.09. The van der Waals surface area contributed by atoms with E-state index in [1.165, 1.54) is 0 Å². The van der Waals surface area contributed by atoms with Gasteiger partial charge in [-0.15, -0.1) is 24.0 Å². The Bertz CT molecular complexity index is 625. The highest BCUT2D eigenvalue weighted by Crippen LogP contribution is 2.31. The smallest absolute Gasteiger partial charge is 0.229 e. The maximum absolute atomic E-state index is 13.1. The van der Waals surface area contributed by atoms with Gasteiger partial charge >= 0.3 is 0 Å². The van der Waals surface area contributed by atoms with Crippen LogP contribution in [0.2, 0.25) is 5.02 Å². The highest BCUT2D eigenvalue weighted by Gasteiger charge is 2.32. The summed E-state index contributed by atoms with van der Waals surface area (Å²) < 4.78 is 0. The van der Waals surface area contributed by atoms with Gasteiger partial charge in [-0.2, -0.15) is 0 Å². The maximum atomic E-state index is 13.1. The highest BCUT2D eigenvalue weighted by molar-refractivity contribution is 6.30. The van der Waals surface area contributed by atoms with Gasteiger partial charge in [0.1, 0.15) is 0 Å². The molecule has 1 aliphatic carbocycles. The number of nitrogens with one attached hydrogen (secondary N) is 1. The molecule has 0 atom stereocenters. The number of nitrogens with zero attached hydrogens (tertiary/aromatic N) is 1. The van der Waals surface area contributed by atoms with Gasteiger partial charge in [-0.1, -0.05) is 35.9 Å². The van der Waals surface area contributed by atoms with Gasteiger partial charge in [0, 0.05) is 16.8 Å². The number of allylic oxidation sites excluding steroid dienone is 4. The van der Waals surface area contributed by atoms with E-state index in [-0.39, 0.29) is 30.8 Å². The molecule has 6 heteroatoms. The minimum Gasteiger partial charge on any atom is -0.317 e. The topological polar surface area (TPSA) is 32.3 Å². The third-order valence-electron chi connectivity index (χ3n) is 4.53. The Hall–Kier alpha value is -1.00. The van der Waals surface area contributed by atoms with Crippen molar-refractivity contribution in [3.05, 3.63) is 53.6 Å². The predicted octanol–water partition coefficient (Wildman–Crippen LogP) is 4.73. The first-order valence-electron chi connectivity index (χ1n) is 8.40. The first-order valence-corrected chi connectivity index (χ1v) is 9.16. The number of alkyl halides is 1. The summed E-state index contributed by atoms with van der Waals surface area (Å²) in [6, 6.07) is 7.67. The number of hydrogen-bond donors (Lipinski definition) is 1. The lowest BCUT2D eigenvalue weighted by atomic mass is 9.96. The van der Waals surface area contributed by atoms with Crippen molar-refractivity contribution in [1.29, 1.82) is 0 Å². The summed E-state index contributed by atoms with van der Waals surface area (Å²) >= 11 is 12.6. The molecule has 0 aromatic heterocycles. The first kappa shape index (κ1) is 20.3. The molecule has 1 heterocycles. The number of benzene rings is 1. The Morgan fingerprint density at radius 2 is 1.76 bits per heavy atom. The van der Waals surface area contributed by atoms with Crippen molar-refractivity contribution in [2.75, 3.05) is 18.0 Å². The van der Waals surface area contributed by atoms with E-state index in [4.69, 9.17) is 23.2 Å². The Morgan fingerprint density at radius 1 is 1.16 bits per heavy atom. The molecule has 3 rings (SSSR count). The fraction of sp³-hybridized carbons (Fsp3) is 0.421. The van der Waals surface area contributed by atoms with E-state index in [0.29, 0.717) is 5.02 Å². The summed E-state index contributed by atoms with van der Waals surface area (Å²) in [5.41, 5.74) is 0.889. The molecule has 1 aromatic rings. The second-order valence-electron chi connectivity index (χ2n) is 6.37. The van der Waals surface area contributed by atoms with E-state index in [0.717, 1.165) is 38.0 Å². The average molecular weight is 402 g/mol. The molecule has 1 amide bonds. The molecular formula is C19H23Cl3N2O. The van der Waals surface area contributed by atoms with Crippen LogP contribution in [0.1, 0.15) is 25.7 Å². The molecule has 0 unspecified atom stereocenters. The Kier molecular flexibility index (Phi) is 7.38. The largest absolute Gasteiger partial charge is 0.317 e. The maximum Gasteiger partial charge on any atom is 0.229 e. The van der Waals surface area contributed by atoms with Crippen molar-refractivity contribution in [1.82, 2.24) is 5.32 Å². The molecule has 3 nitrogen and oxygen atoms in total. The number of carbonyl (C=O) groups is 1. The summed E-state index contributed by atoms with van der Waals surface area (Å²) in [6.07, 6.45) is 10.9. The minimum absolute atomic E-state index is 0. The van der Waals surface area contributed by atoms with Crippen molar-refractivity contribution in [2.45, 2.75) is 36.6 Å². The van der Waals surface area contributed by atoms with Crippen LogP contribution in [-0.4, -0.2) is 29.9 Å². The standard InChI is InChI=1S/C19H22Cl2N2O.ClH/c20-15-4-6-16(7-5-15)23(17-8-12-22-13-9-17)18(24)14-19(21)10-2-1-3-11-19;/h2-7,10-11,17,22H,1,8-9,12-14H2;1H. The van der Waals surface area contributed by atoms with Crippen LogP contribution < -0.4 is 10.2 Å². The number of halogens is 3. The van der Waals surface area contributed by atoms with E-state index in [1.807, 2.05) is 53.5 Å². The zero-order valence-corrected chi connectivity index (χ0v) is 16.3. The van der Waals surface area contributed by atoms with Gasteiger partial charge in [0.05, 0.1) is 11.3 Å². The van der Waals surface area contributed by atoms with Crippen LogP contribution in [0, 0.1) is 0 Å². The second-order valence-corrected chi connectivity index (χ2v) is 7.51. The fourth-order valence-electron chi connectivity index (χ4n) is 3.32. The van der Waals surface area contributed by atoms with Gasteiger partial charge < -0.3 is 10.2 Å². The number of carbonyl (C=O) groups excluding carboxylic acids is 1. The number of anilines is 1. The lowest BCUT2D eigenvalue weighted by Crippen LogP contribution is -2.47. The SMILES string of the molecule is Cl.O=C(CC1(Cl)C=CCC=C1)N(c1ccc(Cl)cc1)C1CCNCC1. The normalized spacial score (nSPS) is 19.3. The summed E-state index contributed by atoms with van der Waals surface area (Å²) in [5, 5.41) is 4.02. The van der Waals surface area contributed by atoms with Gasteiger partial charge in [-0.25, -0.2) is 0 Å². The van der Waals surface area contributed by atoms with Crippen LogP contribution >= 0.6 is 35.6 Å². The summed E-state index contributed by atoms with van der Waals surface area (Å²) in [4.78, 5) is 14.3. The van der Waals surface area contributed by atoms with E-state index in [2.05, 4.69) is 5.32 Å². The molecule has 1 fully saturated rings. The summed E-state index contributed by atoms with van der Waals surface area (Å²) in [7, 11) is 0. The minimum atomic E-state index is -0.715. The van der Waals surface area contributed by atoms with Crippen molar-refractivity contribution in [2.24, 2.45) is 0 Å². The van der Waals surface area contributed by atoms with Crippen LogP contribution in [0.3, 0.4) is 0 Å². The molecule has 0 saturated carbocycles. The molecule has 1 aliphatic heterocycles. The number of amides is 1. The number of piperidine rings is 1. The van der Waals surface area contributed by atoms with E-state index in [9.17, 15) is 4.79 Å². The molecule has 1 aromatic carbocycles. The molecule has 25 heavy (non-hydrogen) atoms. The zero-order valence-electron chi connectivity index (χ0n) is 14.0. The molecule has 1 saturated heterocycles. The molecule has 136 valence electrons. The monoisotopic (exact) mass is 400 g/mol.